The Bertz CT molecular complexity index is 3640. The van der Waals surface area contributed by atoms with Gasteiger partial charge in [0.25, 0.3) is 0 Å². The van der Waals surface area contributed by atoms with E-state index in [0.717, 1.165) is 0 Å². The van der Waals surface area contributed by atoms with Gasteiger partial charge in [0.15, 0.2) is 23.3 Å². The van der Waals surface area contributed by atoms with Crippen LogP contribution >= 0.6 is 92.8 Å². The van der Waals surface area contributed by atoms with E-state index in [1.807, 2.05) is 0 Å². The Balaban J connectivity index is 0.000000249. The number of nitrogens with zero attached hydrogens (tertiary/aromatic N) is 12. The van der Waals surface area contributed by atoms with E-state index < -0.39 is 11.9 Å². The van der Waals surface area contributed by atoms with Crippen molar-refractivity contribution in [2.75, 3.05) is 62.2 Å². The van der Waals surface area contributed by atoms with Gasteiger partial charge in [-0.25, -0.2) is 0 Å². The molecule has 2 amide bonds. The minimum absolute atomic E-state index is 0.0103. The Morgan fingerprint density at radius 3 is 1.00 bits per heavy atom. The average Bonchev–Trinajstić information content (AvgIpc) is 2.28. The highest BCUT2D eigenvalue weighted by Crippen LogP contribution is 2.42. The number of halogens is 8. The molecule has 0 bridgehead atoms. The molecule has 0 aliphatic rings. The number of carbonyl (C=O) groups is 4. The molecule has 0 atom stereocenters. The number of nitrogen functional groups attached to an aromatic ring is 9. The number of unbranched alkanes of at least 4 members (excludes halogenated alkanes) is 2. The molecule has 8 rings (SSSR count). The van der Waals surface area contributed by atoms with Crippen LogP contribution in [0, 0.1) is 0 Å². The number of nitrogens with two attached hydrogens (primary N) is 9. The predicted octanol–water partition coefficient (Wildman–Crippen LogP) is 8.79. The zero-order valence-corrected chi connectivity index (χ0v) is 49.5. The van der Waals surface area contributed by atoms with Crippen molar-refractivity contribution in [3.63, 3.8) is 0 Å². The molecule has 4 heterocycles. The van der Waals surface area contributed by atoms with Gasteiger partial charge >= 0.3 is 11.9 Å². The Morgan fingerprint density at radius 1 is 0.365 bits per heavy atom. The fraction of sp³-hybridized carbons (Fsp3) is 0.167. The van der Waals surface area contributed by atoms with E-state index >= 15 is 0 Å². The van der Waals surface area contributed by atoms with Gasteiger partial charge in [-0.15, -0.1) is 40.8 Å². The fourth-order valence-corrected chi connectivity index (χ4v) is 8.56. The first kappa shape index (κ1) is 67.1. The summed E-state index contributed by atoms with van der Waals surface area (Å²) in [5, 5.41) is 53.4. The molecule has 29 nitrogen and oxygen atoms in total. The van der Waals surface area contributed by atoms with Crippen LogP contribution in [0.4, 0.5) is 64.1 Å². The second-order valence-corrected chi connectivity index (χ2v) is 20.0. The zero-order chi connectivity index (χ0) is 62.8. The lowest BCUT2D eigenvalue weighted by Crippen LogP contribution is -2.14. The molecule has 0 aliphatic carbocycles. The maximum Gasteiger partial charge on any atom is 0.303 e. The number of benzene rings is 4. The smallest absolute Gasteiger partial charge is 0.303 e. The number of carboxylic acid groups (broad SMARTS) is 2. The van der Waals surface area contributed by atoms with Crippen LogP contribution in [0.1, 0.15) is 51.4 Å². The summed E-state index contributed by atoms with van der Waals surface area (Å²) in [4.78, 5) is 60.1. The topological polar surface area (TPSA) is 522 Å². The Morgan fingerprint density at radius 2 is 0.671 bits per heavy atom. The van der Waals surface area contributed by atoms with Crippen LogP contribution in [-0.4, -0.2) is 94.7 Å². The van der Waals surface area contributed by atoms with Crippen LogP contribution < -0.4 is 62.2 Å². The van der Waals surface area contributed by atoms with E-state index in [-0.39, 0.29) is 126 Å². The van der Waals surface area contributed by atoms with Gasteiger partial charge in [0.05, 0.1) is 57.2 Å². The lowest BCUT2D eigenvalue weighted by Gasteiger charge is -2.13. The van der Waals surface area contributed by atoms with Crippen LogP contribution in [0.3, 0.4) is 0 Å². The van der Waals surface area contributed by atoms with Crippen LogP contribution in [0.25, 0.3) is 45.0 Å². The Labute approximate surface area is 521 Å². The SMILES string of the molecule is Nc1nnc(-c2ccc(N)c(Cl)c2Cl)c(N)n1.Nc1nnc(-c2ccc(NC(=O)CCCCC(=O)Nc3ccc(-c4nnc(N)nc4N)c(Cl)c3Cl)c(Cl)c2Cl)c(N)n1.Nc1nnc(-c2cccc(Cl)c2Cl)c(N)n1.O=C(O)CCCCC(=O)O. The molecular formula is C48H47Cl8N23O6. The molecule has 0 aliphatic heterocycles. The Hall–Kier alpha value is -8.68. The lowest BCUT2D eigenvalue weighted by molar-refractivity contribution is -0.139. The molecule has 0 radical (unpaired) electrons. The van der Waals surface area contributed by atoms with Crippen LogP contribution in [0.15, 0.2) is 54.6 Å². The molecule has 37 heteroatoms. The van der Waals surface area contributed by atoms with Gasteiger partial charge in [0.1, 0.15) is 22.8 Å². The second-order valence-electron chi connectivity index (χ2n) is 16.9. The van der Waals surface area contributed by atoms with E-state index in [4.69, 9.17) is 155 Å². The van der Waals surface area contributed by atoms with Crippen molar-refractivity contribution in [3.05, 3.63) is 94.8 Å². The standard InChI is InChI=1S/C24H22Cl4N12O2.C9H8Cl2N6.C9H7Cl2N5.C6H10O4/c25-15-9(19-21(29)35-23(31)39-37-19)5-7-11(17(15)27)33-13(41)3-1-2-4-14(42)34-12-8-6-10(16(26)18(12)28)20-22(30)36-24(32)40-38-20;10-5-3(1-2-4(12)6(5)11)7-8(13)15-9(14)17-16-7;10-5-3-1-2-4(6(5)11)7-8(12)14-9(13)16-15-7;7-5(8)3-1-2-4-6(9)10/h5-8H,1-4H2,(H,33,41)(H,34,42)(H4,29,31,35,39)(H4,30,32,36,40);1-2H,12H2,(H4,13,14,15,17);1-3H,(H4,12,13,14,16);1-4H2,(H,7,8)(H,9,10). The largest absolute Gasteiger partial charge is 0.481 e. The zero-order valence-electron chi connectivity index (χ0n) is 43.5. The molecule has 446 valence electrons. The second kappa shape index (κ2) is 31.3. The van der Waals surface area contributed by atoms with Gasteiger partial charge in [0, 0.05) is 47.9 Å². The highest BCUT2D eigenvalue weighted by Gasteiger charge is 2.21. The normalized spacial score (nSPS) is 10.5. The van der Waals surface area contributed by atoms with E-state index in [1.54, 1.807) is 54.6 Å². The third kappa shape index (κ3) is 18.9. The summed E-state index contributed by atoms with van der Waals surface area (Å²) in [7, 11) is 0. The van der Waals surface area contributed by atoms with Crippen molar-refractivity contribution in [3.8, 4) is 45.0 Å². The van der Waals surface area contributed by atoms with E-state index in [1.165, 1.54) is 0 Å². The first-order chi connectivity index (χ1) is 40.2. The Kier molecular flexibility index (Phi) is 24.7. The summed E-state index contributed by atoms with van der Waals surface area (Å²) in [6, 6.07) is 14.6. The molecule has 0 fully saturated rings. The predicted molar refractivity (Wildman–Crippen MR) is 330 cm³/mol. The van der Waals surface area contributed by atoms with E-state index in [9.17, 15) is 19.2 Å². The minimum Gasteiger partial charge on any atom is -0.481 e. The molecule has 4 aromatic heterocycles. The third-order valence-corrected chi connectivity index (χ3v) is 14.3. The number of rotatable bonds is 16. The highest BCUT2D eigenvalue weighted by atomic mass is 35.5. The number of hydrogen-bond acceptors (Lipinski definition) is 25. The summed E-state index contributed by atoms with van der Waals surface area (Å²) >= 11 is 49.4. The highest BCUT2D eigenvalue weighted by molar-refractivity contribution is 6.47. The van der Waals surface area contributed by atoms with E-state index in [2.05, 4.69) is 71.4 Å². The molecule has 0 saturated heterocycles. The van der Waals surface area contributed by atoms with Crippen molar-refractivity contribution < 1.29 is 29.4 Å². The van der Waals surface area contributed by atoms with E-state index in [0.29, 0.717) is 86.4 Å². The monoisotopic (exact) mass is 1320 g/mol. The van der Waals surface area contributed by atoms with Gasteiger partial charge in [0.2, 0.25) is 35.6 Å². The number of nitrogens with one attached hydrogen (secondary N) is 2. The molecular weight excluding hydrogens is 1280 g/mol. The summed E-state index contributed by atoms with van der Waals surface area (Å²) < 4.78 is 0. The maximum absolute atomic E-state index is 12.5. The summed E-state index contributed by atoms with van der Waals surface area (Å²) in [6.07, 6.45) is 2.11. The molecule has 0 saturated carbocycles. The number of hydrogen-bond donors (Lipinski definition) is 13. The number of amides is 2. The number of carboxylic acids is 2. The maximum atomic E-state index is 12.5. The minimum atomic E-state index is -0.870. The van der Waals surface area contributed by atoms with Crippen molar-refractivity contribution >= 4 is 181 Å². The number of aliphatic carboxylic acids is 2. The molecule has 0 spiro atoms. The van der Waals surface area contributed by atoms with Gasteiger partial charge in [-0.3, -0.25) is 19.2 Å². The van der Waals surface area contributed by atoms with Gasteiger partial charge < -0.3 is 72.4 Å². The molecule has 4 aromatic carbocycles. The first-order valence-electron chi connectivity index (χ1n) is 23.9. The van der Waals surface area contributed by atoms with Crippen molar-refractivity contribution in [1.82, 2.24) is 60.7 Å². The summed E-state index contributed by atoms with van der Waals surface area (Å²) in [5.41, 5.74) is 54.2. The van der Waals surface area contributed by atoms with Gasteiger partial charge in [-0.05, 0) is 68.1 Å². The number of carbonyl (C=O) groups excluding carboxylic acids is 2. The molecule has 8 aromatic rings. The fourth-order valence-electron chi connectivity index (χ4n) is 6.81. The van der Waals surface area contributed by atoms with Crippen molar-refractivity contribution in [2.24, 2.45) is 0 Å². The van der Waals surface area contributed by atoms with Crippen LogP contribution in [0.2, 0.25) is 40.2 Å². The number of anilines is 11. The lowest BCUT2D eigenvalue weighted by atomic mass is 10.1. The van der Waals surface area contributed by atoms with Crippen LogP contribution in [0.5, 0.6) is 0 Å². The quantitative estimate of drug-likeness (QED) is 0.0317. The summed E-state index contributed by atoms with van der Waals surface area (Å²) in [5.74, 6) is -2.21. The summed E-state index contributed by atoms with van der Waals surface area (Å²) in [6.45, 7) is 0. The van der Waals surface area contributed by atoms with Gasteiger partial charge in [-0.2, -0.15) is 19.9 Å². The molecule has 22 N–H and O–H groups in total. The van der Waals surface area contributed by atoms with Crippen LogP contribution in [-0.2, 0) is 19.2 Å². The van der Waals surface area contributed by atoms with Crippen molar-refractivity contribution in [1.29, 1.82) is 0 Å². The first-order valence-corrected chi connectivity index (χ1v) is 26.9. The molecule has 85 heavy (non-hydrogen) atoms. The van der Waals surface area contributed by atoms with Gasteiger partial charge in [-0.1, -0.05) is 105 Å². The third-order valence-electron chi connectivity index (χ3n) is 10.8. The number of aromatic nitrogens is 12. The average molecular weight is 1330 g/mol. The molecule has 0 unspecified atom stereocenters. The van der Waals surface area contributed by atoms with Crippen molar-refractivity contribution in [2.45, 2.75) is 51.4 Å².